The predicted octanol–water partition coefficient (Wildman–Crippen LogP) is 4.11. The Morgan fingerprint density at radius 1 is 1.04 bits per heavy atom. The second kappa shape index (κ2) is 7.40. The number of aromatic amines is 1. The first-order chi connectivity index (χ1) is 12.1. The molecule has 1 aromatic heterocycles. The van der Waals surface area contributed by atoms with E-state index in [9.17, 15) is 4.79 Å². The van der Waals surface area contributed by atoms with Crippen LogP contribution in [0.5, 0.6) is 11.5 Å². The van der Waals surface area contributed by atoms with Crippen molar-refractivity contribution in [3.05, 3.63) is 58.7 Å². The van der Waals surface area contributed by atoms with E-state index in [1.54, 1.807) is 38.5 Å². The molecule has 0 atom stereocenters. The third-order valence-electron chi connectivity index (χ3n) is 3.60. The number of amides is 1. The molecular weight excluding hydrogens is 386 g/mol. The van der Waals surface area contributed by atoms with Crippen LogP contribution >= 0.6 is 15.9 Å². The van der Waals surface area contributed by atoms with E-state index in [4.69, 9.17) is 9.47 Å². The molecule has 1 heterocycles. The summed E-state index contributed by atoms with van der Waals surface area (Å²) >= 11 is 3.39. The maximum absolute atomic E-state index is 12.4. The minimum atomic E-state index is -0.289. The lowest BCUT2D eigenvalue weighted by molar-refractivity contribution is 0.102. The molecule has 0 bridgehead atoms. The molecule has 2 N–H and O–H groups in total. The SMILES string of the molecule is COc1ccc(NC(=O)c2cc(-c3ccc(Br)cc3)n[nH]2)cc1OC. The van der Waals surface area contributed by atoms with E-state index in [0.717, 1.165) is 10.0 Å². The molecule has 7 heteroatoms. The maximum atomic E-state index is 12.4. The number of ether oxygens (including phenoxy) is 2. The van der Waals surface area contributed by atoms with Crippen molar-refractivity contribution in [2.24, 2.45) is 0 Å². The standard InChI is InChI=1S/C18H16BrN3O3/c1-24-16-8-7-13(9-17(16)25-2)20-18(23)15-10-14(21-22-15)11-3-5-12(19)6-4-11/h3-10H,1-2H3,(H,20,23)(H,21,22). The molecule has 1 amide bonds. The molecule has 0 aliphatic rings. The van der Waals surface area contributed by atoms with Crippen molar-refractivity contribution < 1.29 is 14.3 Å². The fourth-order valence-corrected chi connectivity index (χ4v) is 2.58. The van der Waals surface area contributed by atoms with Crippen LogP contribution in [0.15, 0.2) is 53.0 Å². The van der Waals surface area contributed by atoms with E-state index in [1.165, 1.54) is 0 Å². The summed E-state index contributed by atoms with van der Waals surface area (Å²) in [5, 5.41) is 9.76. The lowest BCUT2D eigenvalue weighted by Gasteiger charge is -2.10. The molecule has 0 saturated heterocycles. The van der Waals surface area contributed by atoms with Gasteiger partial charge in [0.1, 0.15) is 5.69 Å². The number of rotatable bonds is 5. The minimum Gasteiger partial charge on any atom is -0.493 e. The molecular formula is C18H16BrN3O3. The molecule has 0 spiro atoms. The van der Waals surface area contributed by atoms with Crippen molar-refractivity contribution in [2.75, 3.05) is 19.5 Å². The van der Waals surface area contributed by atoms with E-state index < -0.39 is 0 Å². The van der Waals surface area contributed by atoms with Gasteiger partial charge in [0.2, 0.25) is 0 Å². The summed E-state index contributed by atoms with van der Waals surface area (Å²) in [6.07, 6.45) is 0. The monoisotopic (exact) mass is 401 g/mol. The van der Waals surface area contributed by atoms with Crippen molar-refractivity contribution in [2.45, 2.75) is 0 Å². The van der Waals surface area contributed by atoms with E-state index >= 15 is 0 Å². The number of H-pyrrole nitrogens is 1. The Bertz CT molecular complexity index is 891. The highest BCUT2D eigenvalue weighted by Gasteiger charge is 2.13. The molecule has 6 nitrogen and oxygen atoms in total. The second-order valence-electron chi connectivity index (χ2n) is 5.20. The summed E-state index contributed by atoms with van der Waals surface area (Å²) in [5.41, 5.74) is 2.59. The van der Waals surface area contributed by atoms with Crippen molar-refractivity contribution >= 4 is 27.5 Å². The number of hydrogen-bond donors (Lipinski definition) is 2. The van der Waals surface area contributed by atoms with Gasteiger partial charge in [-0.2, -0.15) is 5.10 Å². The average Bonchev–Trinajstić information content (AvgIpc) is 3.12. The Morgan fingerprint density at radius 3 is 2.44 bits per heavy atom. The van der Waals surface area contributed by atoms with Crippen LogP contribution in [0.2, 0.25) is 0 Å². The highest BCUT2D eigenvalue weighted by Crippen LogP contribution is 2.30. The number of nitrogens with zero attached hydrogens (tertiary/aromatic N) is 1. The Hall–Kier alpha value is -2.80. The third kappa shape index (κ3) is 3.83. The average molecular weight is 402 g/mol. The molecule has 0 saturated carbocycles. The molecule has 0 fully saturated rings. The number of methoxy groups -OCH3 is 2. The van der Waals surface area contributed by atoms with Crippen LogP contribution in [0.25, 0.3) is 11.3 Å². The summed E-state index contributed by atoms with van der Waals surface area (Å²) in [6, 6.07) is 14.6. The van der Waals surface area contributed by atoms with Gasteiger partial charge in [-0.1, -0.05) is 28.1 Å². The smallest absolute Gasteiger partial charge is 0.273 e. The van der Waals surface area contributed by atoms with Crippen molar-refractivity contribution in [1.29, 1.82) is 0 Å². The van der Waals surface area contributed by atoms with Crippen molar-refractivity contribution in [1.82, 2.24) is 10.2 Å². The van der Waals surface area contributed by atoms with Gasteiger partial charge in [-0.3, -0.25) is 9.89 Å². The van der Waals surface area contributed by atoms with Gasteiger partial charge < -0.3 is 14.8 Å². The van der Waals surface area contributed by atoms with E-state index in [-0.39, 0.29) is 5.91 Å². The predicted molar refractivity (Wildman–Crippen MR) is 99.2 cm³/mol. The second-order valence-corrected chi connectivity index (χ2v) is 6.11. The van der Waals surface area contributed by atoms with E-state index in [2.05, 4.69) is 31.4 Å². The highest BCUT2D eigenvalue weighted by molar-refractivity contribution is 9.10. The van der Waals surface area contributed by atoms with Gasteiger partial charge >= 0.3 is 0 Å². The third-order valence-corrected chi connectivity index (χ3v) is 4.13. The number of carbonyl (C=O) groups is 1. The van der Waals surface area contributed by atoms with Crippen LogP contribution in [0.3, 0.4) is 0 Å². The zero-order valence-electron chi connectivity index (χ0n) is 13.7. The molecule has 25 heavy (non-hydrogen) atoms. The molecule has 0 aliphatic heterocycles. The quantitative estimate of drug-likeness (QED) is 0.674. The van der Waals surface area contributed by atoms with Crippen LogP contribution in [0.1, 0.15) is 10.5 Å². The summed E-state index contributed by atoms with van der Waals surface area (Å²) in [4.78, 5) is 12.4. The number of hydrogen-bond acceptors (Lipinski definition) is 4. The maximum Gasteiger partial charge on any atom is 0.273 e. The van der Waals surface area contributed by atoms with E-state index in [1.807, 2.05) is 24.3 Å². The minimum absolute atomic E-state index is 0.289. The largest absolute Gasteiger partial charge is 0.493 e. The zero-order chi connectivity index (χ0) is 17.8. The summed E-state index contributed by atoms with van der Waals surface area (Å²) in [6.45, 7) is 0. The number of benzene rings is 2. The number of anilines is 1. The van der Waals surface area contributed by atoms with Crippen LogP contribution in [-0.4, -0.2) is 30.3 Å². The first-order valence-corrected chi connectivity index (χ1v) is 8.24. The fourth-order valence-electron chi connectivity index (χ4n) is 2.32. The van der Waals surface area contributed by atoms with E-state index in [0.29, 0.717) is 28.6 Å². The molecule has 0 radical (unpaired) electrons. The molecule has 0 unspecified atom stereocenters. The Balaban J connectivity index is 1.77. The first-order valence-electron chi connectivity index (χ1n) is 7.45. The molecule has 3 rings (SSSR count). The van der Waals surface area contributed by atoms with Crippen molar-refractivity contribution in [3.63, 3.8) is 0 Å². The van der Waals surface area contributed by atoms with Gasteiger partial charge in [-0.05, 0) is 30.3 Å². The number of halogens is 1. The topological polar surface area (TPSA) is 76.2 Å². The summed E-state index contributed by atoms with van der Waals surface area (Å²) in [5.74, 6) is 0.850. The van der Waals surface area contributed by atoms with Crippen LogP contribution < -0.4 is 14.8 Å². The van der Waals surface area contributed by atoms with Gasteiger partial charge in [-0.25, -0.2) is 0 Å². The Kier molecular flexibility index (Phi) is 5.04. The molecule has 0 aliphatic carbocycles. The highest BCUT2D eigenvalue weighted by atomic mass is 79.9. The molecule has 128 valence electrons. The fraction of sp³-hybridized carbons (Fsp3) is 0.111. The lowest BCUT2D eigenvalue weighted by Crippen LogP contribution is -2.12. The van der Waals surface area contributed by atoms with Gasteiger partial charge in [0, 0.05) is 21.8 Å². The van der Waals surface area contributed by atoms with Crippen molar-refractivity contribution in [3.8, 4) is 22.8 Å². The Morgan fingerprint density at radius 2 is 1.76 bits per heavy atom. The number of nitrogens with one attached hydrogen (secondary N) is 2. The number of aromatic nitrogens is 2. The first kappa shape index (κ1) is 17.0. The van der Waals surface area contributed by atoms with Gasteiger partial charge in [0.25, 0.3) is 5.91 Å². The Labute approximate surface area is 153 Å². The van der Waals surface area contributed by atoms with Gasteiger partial charge in [-0.15, -0.1) is 0 Å². The summed E-state index contributed by atoms with van der Waals surface area (Å²) < 4.78 is 11.4. The van der Waals surface area contributed by atoms with Gasteiger partial charge in [0.05, 0.1) is 19.9 Å². The normalized spacial score (nSPS) is 10.4. The lowest BCUT2D eigenvalue weighted by atomic mass is 10.1. The summed E-state index contributed by atoms with van der Waals surface area (Å²) in [7, 11) is 3.10. The van der Waals surface area contributed by atoms with Gasteiger partial charge in [0.15, 0.2) is 11.5 Å². The van der Waals surface area contributed by atoms with Crippen LogP contribution in [-0.2, 0) is 0 Å². The van der Waals surface area contributed by atoms with Crippen LogP contribution in [0.4, 0.5) is 5.69 Å². The van der Waals surface area contributed by atoms with Crippen LogP contribution in [0, 0.1) is 0 Å². The molecule has 2 aromatic carbocycles. The molecule has 3 aromatic rings. The number of carbonyl (C=O) groups excluding carboxylic acids is 1. The zero-order valence-corrected chi connectivity index (χ0v) is 15.3.